The zero-order valence-corrected chi connectivity index (χ0v) is 12.5. The van der Waals surface area contributed by atoms with E-state index in [-0.39, 0.29) is 24.4 Å². The second kappa shape index (κ2) is 6.48. The molecule has 2 aromatic carbocycles. The predicted molar refractivity (Wildman–Crippen MR) is 83.9 cm³/mol. The smallest absolute Gasteiger partial charge is 0.395 e. The molecule has 3 rings (SSSR count). The molecule has 0 unspecified atom stereocenters. The average molecular weight is 314 g/mol. The van der Waals surface area contributed by atoms with Crippen molar-refractivity contribution in [3.05, 3.63) is 54.3 Å². The van der Waals surface area contributed by atoms with Crippen molar-refractivity contribution in [2.24, 2.45) is 0 Å². The number of para-hydroxylation sites is 2. The van der Waals surface area contributed by atoms with E-state index in [0.717, 1.165) is 0 Å². The van der Waals surface area contributed by atoms with Gasteiger partial charge in [0.2, 0.25) is 0 Å². The summed E-state index contributed by atoms with van der Waals surface area (Å²) in [4.78, 5) is 17.9. The zero-order chi connectivity index (χ0) is 16.2. The molecule has 1 amide bonds. The number of benzene rings is 2. The number of fused-ring (bicyclic) bond motifs is 1. The molecule has 0 aliphatic carbocycles. The highest BCUT2D eigenvalue weighted by Gasteiger charge is 2.16. The van der Waals surface area contributed by atoms with Gasteiger partial charge in [-0.25, -0.2) is 4.39 Å². The SMILES string of the molecule is CCN(C(=O)COc1nc2ccccc2o1)c1ccc(F)cc1. The molecule has 1 aromatic heterocycles. The Morgan fingerprint density at radius 1 is 1.22 bits per heavy atom. The summed E-state index contributed by atoms with van der Waals surface area (Å²) in [5.74, 6) is -0.610. The Labute approximate surface area is 132 Å². The number of anilines is 1. The van der Waals surface area contributed by atoms with Gasteiger partial charge in [0, 0.05) is 12.2 Å². The van der Waals surface area contributed by atoms with Crippen LogP contribution >= 0.6 is 0 Å². The molecule has 0 saturated carbocycles. The molecule has 1 heterocycles. The first kappa shape index (κ1) is 15.0. The van der Waals surface area contributed by atoms with E-state index < -0.39 is 0 Å². The lowest BCUT2D eigenvalue weighted by atomic mass is 10.2. The molecule has 0 saturated heterocycles. The fourth-order valence-corrected chi connectivity index (χ4v) is 2.24. The van der Waals surface area contributed by atoms with Gasteiger partial charge in [0.05, 0.1) is 0 Å². The highest BCUT2D eigenvalue weighted by atomic mass is 19.1. The number of likely N-dealkylation sites (N-methyl/N-ethyl adjacent to an activating group) is 1. The number of rotatable bonds is 5. The summed E-state index contributed by atoms with van der Waals surface area (Å²) >= 11 is 0. The van der Waals surface area contributed by atoms with Crippen molar-refractivity contribution in [3.63, 3.8) is 0 Å². The molecule has 0 fully saturated rings. The first-order valence-corrected chi connectivity index (χ1v) is 7.21. The quantitative estimate of drug-likeness (QED) is 0.724. The topological polar surface area (TPSA) is 55.6 Å². The summed E-state index contributed by atoms with van der Waals surface area (Å²) in [7, 11) is 0. The Morgan fingerprint density at radius 3 is 2.65 bits per heavy atom. The molecule has 0 N–H and O–H groups in total. The van der Waals surface area contributed by atoms with Crippen LogP contribution < -0.4 is 9.64 Å². The first-order chi connectivity index (χ1) is 11.2. The maximum Gasteiger partial charge on any atom is 0.395 e. The first-order valence-electron chi connectivity index (χ1n) is 7.21. The lowest BCUT2D eigenvalue weighted by Crippen LogP contribution is -2.34. The molecule has 23 heavy (non-hydrogen) atoms. The molecule has 118 valence electrons. The van der Waals surface area contributed by atoms with Gasteiger partial charge in [0.15, 0.2) is 12.2 Å². The summed E-state index contributed by atoms with van der Waals surface area (Å²) in [5.41, 5.74) is 1.88. The van der Waals surface area contributed by atoms with E-state index in [2.05, 4.69) is 4.98 Å². The fraction of sp³-hybridized carbons (Fsp3) is 0.176. The van der Waals surface area contributed by atoms with Gasteiger partial charge in [-0.05, 0) is 43.3 Å². The minimum Gasteiger partial charge on any atom is -0.440 e. The van der Waals surface area contributed by atoms with Gasteiger partial charge < -0.3 is 14.1 Å². The van der Waals surface area contributed by atoms with Gasteiger partial charge >= 0.3 is 6.08 Å². The van der Waals surface area contributed by atoms with Gasteiger partial charge in [0.1, 0.15) is 11.3 Å². The Morgan fingerprint density at radius 2 is 1.96 bits per heavy atom. The third-order valence-corrected chi connectivity index (χ3v) is 3.35. The maximum absolute atomic E-state index is 13.0. The molecule has 5 nitrogen and oxygen atoms in total. The molecular weight excluding hydrogens is 299 g/mol. The van der Waals surface area contributed by atoms with Gasteiger partial charge in [-0.3, -0.25) is 4.79 Å². The summed E-state index contributed by atoms with van der Waals surface area (Å²) in [6, 6.07) is 13.0. The fourth-order valence-electron chi connectivity index (χ4n) is 2.24. The summed E-state index contributed by atoms with van der Waals surface area (Å²) in [6.45, 7) is 2.07. The van der Waals surface area contributed by atoms with Gasteiger partial charge in [0.25, 0.3) is 5.91 Å². The third kappa shape index (κ3) is 3.31. The van der Waals surface area contributed by atoms with E-state index in [1.165, 1.54) is 17.0 Å². The Kier molecular flexibility index (Phi) is 4.23. The zero-order valence-electron chi connectivity index (χ0n) is 12.5. The van der Waals surface area contributed by atoms with Crippen LogP contribution in [0.5, 0.6) is 6.08 Å². The van der Waals surface area contributed by atoms with Crippen molar-refractivity contribution in [1.29, 1.82) is 0 Å². The molecule has 3 aromatic rings. The van der Waals surface area contributed by atoms with Crippen LogP contribution in [0.25, 0.3) is 11.1 Å². The number of hydrogen-bond donors (Lipinski definition) is 0. The van der Waals surface area contributed by atoms with E-state index in [1.54, 1.807) is 24.3 Å². The number of nitrogens with zero attached hydrogens (tertiary/aromatic N) is 2. The van der Waals surface area contributed by atoms with Crippen molar-refractivity contribution in [1.82, 2.24) is 4.98 Å². The van der Waals surface area contributed by atoms with E-state index in [1.807, 2.05) is 19.1 Å². The van der Waals surface area contributed by atoms with Crippen molar-refractivity contribution in [2.45, 2.75) is 6.92 Å². The summed E-state index contributed by atoms with van der Waals surface area (Å²) in [5, 5.41) is 0. The normalized spacial score (nSPS) is 10.7. The number of carbonyl (C=O) groups excluding carboxylic acids is 1. The molecule has 0 spiro atoms. The Bertz CT molecular complexity index is 781. The number of carbonyl (C=O) groups is 1. The van der Waals surface area contributed by atoms with Crippen LogP contribution in [-0.2, 0) is 4.79 Å². The molecule has 0 bridgehead atoms. The van der Waals surface area contributed by atoms with Gasteiger partial charge in [-0.1, -0.05) is 12.1 Å². The predicted octanol–water partition coefficient (Wildman–Crippen LogP) is 3.40. The van der Waals surface area contributed by atoms with E-state index in [4.69, 9.17) is 9.15 Å². The van der Waals surface area contributed by atoms with Crippen molar-refractivity contribution < 1.29 is 18.3 Å². The summed E-state index contributed by atoms with van der Waals surface area (Å²) in [6.07, 6.45) is 0.0507. The van der Waals surface area contributed by atoms with Crippen molar-refractivity contribution in [3.8, 4) is 6.08 Å². The molecule has 0 aliphatic heterocycles. The molecule has 6 heteroatoms. The lowest BCUT2D eigenvalue weighted by Gasteiger charge is -2.20. The minimum absolute atomic E-state index is 0.0507. The number of aromatic nitrogens is 1. The standard InChI is InChI=1S/C17H15FN2O3/c1-2-20(13-9-7-12(18)8-10-13)16(21)11-22-17-19-14-5-3-4-6-15(14)23-17/h3-10H,2,11H2,1H3. The number of halogens is 1. The summed E-state index contributed by atoms with van der Waals surface area (Å²) < 4.78 is 23.7. The van der Waals surface area contributed by atoms with Crippen LogP contribution in [0.1, 0.15) is 6.92 Å². The van der Waals surface area contributed by atoms with Crippen LogP contribution in [0, 0.1) is 5.82 Å². The highest BCUT2D eigenvalue weighted by molar-refractivity contribution is 5.94. The van der Waals surface area contributed by atoms with Crippen LogP contribution in [0.15, 0.2) is 52.9 Å². The minimum atomic E-state index is -0.347. The number of oxazole rings is 1. The Balaban J connectivity index is 1.68. The van der Waals surface area contributed by atoms with E-state index in [9.17, 15) is 9.18 Å². The Hall–Kier alpha value is -2.89. The second-order valence-electron chi connectivity index (χ2n) is 4.85. The number of ether oxygens (including phenoxy) is 1. The van der Waals surface area contributed by atoms with Crippen LogP contribution in [0.2, 0.25) is 0 Å². The molecule has 0 atom stereocenters. The number of hydrogen-bond acceptors (Lipinski definition) is 4. The van der Waals surface area contributed by atoms with Gasteiger partial charge in [-0.15, -0.1) is 0 Å². The van der Waals surface area contributed by atoms with Crippen molar-refractivity contribution in [2.75, 3.05) is 18.1 Å². The number of amides is 1. The average Bonchev–Trinajstić information content (AvgIpc) is 2.98. The highest BCUT2D eigenvalue weighted by Crippen LogP contribution is 2.20. The molecule has 0 radical (unpaired) electrons. The lowest BCUT2D eigenvalue weighted by molar-refractivity contribution is -0.120. The van der Waals surface area contributed by atoms with Crippen LogP contribution in [-0.4, -0.2) is 24.0 Å². The van der Waals surface area contributed by atoms with Crippen LogP contribution in [0.3, 0.4) is 0 Å². The largest absolute Gasteiger partial charge is 0.440 e. The van der Waals surface area contributed by atoms with E-state index >= 15 is 0 Å². The van der Waals surface area contributed by atoms with Gasteiger partial charge in [-0.2, -0.15) is 4.98 Å². The molecule has 0 aliphatic rings. The monoisotopic (exact) mass is 314 g/mol. The van der Waals surface area contributed by atoms with E-state index in [0.29, 0.717) is 23.3 Å². The van der Waals surface area contributed by atoms with Crippen molar-refractivity contribution >= 4 is 22.7 Å². The van der Waals surface area contributed by atoms with Crippen LogP contribution in [0.4, 0.5) is 10.1 Å². The molecular formula is C17H15FN2O3. The maximum atomic E-state index is 13.0. The third-order valence-electron chi connectivity index (χ3n) is 3.35. The second-order valence-corrected chi connectivity index (χ2v) is 4.85.